The van der Waals surface area contributed by atoms with E-state index in [0.29, 0.717) is 12.5 Å². The Morgan fingerprint density at radius 3 is 2.67 bits per heavy atom. The van der Waals surface area contributed by atoms with Crippen LogP contribution in [0, 0.1) is 4.91 Å². The summed E-state index contributed by atoms with van der Waals surface area (Å²) in [7, 11) is 0. The maximum absolute atomic E-state index is 12.9. The average Bonchev–Trinajstić information content (AvgIpc) is 2.35. The molecule has 0 aromatic carbocycles. The topological polar surface area (TPSA) is 68.6 Å². The first-order valence-electron chi connectivity index (χ1n) is 5.93. The third kappa shape index (κ3) is 5.30. The molecule has 0 unspecified atom stereocenters. The fraction of sp³-hybridized carbons (Fsp3) is 0.500. The lowest BCUT2D eigenvalue weighted by Crippen LogP contribution is -2.13. The zero-order valence-electron chi connectivity index (χ0n) is 11.0. The molecule has 21 heavy (non-hydrogen) atoms. The second-order valence-electron chi connectivity index (χ2n) is 4.22. The summed E-state index contributed by atoms with van der Waals surface area (Å²) < 4.78 is 43.8. The van der Waals surface area contributed by atoms with E-state index in [2.05, 4.69) is 10.2 Å². The van der Waals surface area contributed by atoms with Crippen molar-refractivity contribution in [2.24, 2.45) is 5.18 Å². The van der Waals surface area contributed by atoms with Crippen LogP contribution in [-0.2, 0) is 17.5 Å². The molecule has 1 heterocycles. The summed E-state index contributed by atoms with van der Waals surface area (Å²) in [6, 6.07) is 0.616. The van der Waals surface area contributed by atoms with E-state index in [1.54, 1.807) is 0 Å². The van der Waals surface area contributed by atoms with E-state index >= 15 is 0 Å². The molecule has 0 aliphatic rings. The largest absolute Gasteiger partial charge is 0.477 e. The van der Waals surface area contributed by atoms with Gasteiger partial charge in [-0.15, -0.1) is 0 Å². The number of halogens is 4. The number of aromatic nitrogens is 1. The van der Waals surface area contributed by atoms with Crippen LogP contribution in [0.5, 0.6) is 5.88 Å². The molecule has 1 aromatic heterocycles. The standard InChI is InChI=1S/C12H12ClF3N2O3/c1-7(19)3-2-4-21-11-8(6-17-20)9(12(14,15)16)5-10(13)18-11/h5H,2-4,6H2,1H3. The van der Waals surface area contributed by atoms with E-state index in [0.717, 1.165) is 0 Å². The lowest BCUT2D eigenvalue weighted by atomic mass is 10.1. The average molecular weight is 325 g/mol. The first-order valence-corrected chi connectivity index (χ1v) is 6.31. The molecule has 0 amide bonds. The van der Waals surface area contributed by atoms with E-state index in [1.807, 2.05) is 0 Å². The number of pyridine rings is 1. The minimum absolute atomic E-state index is 0.0178. The Morgan fingerprint density at radius 1 is 1.48 bits per heavy atom. The summed E-state index contributed by atoms with van der Waals surface area (Å²) >= 11 is 5.54. The summed E-state index contributed by atoms with van der Waals surface area (Å²) in [5, 5.41) is 2.06. The second kappa shape index (κ2) is 7.35. The Hall–Kier alpha value is -1.70. The molecule has 0 N–H and O–H groups in total. The van der Waals surface area contributed by atoms with E-state index in [9.17, 15) is 22.9 Å². The smallest absolute Gasteiger partial charge is 0.417 e. The molecule has 1 aromatic rings. The third-order valence-corrected chi connectivity index (χ3v) is 2.69. The highest BCUT2D eigenvalue weighted by atomic mass is 35.5. The molecular weight excluding hydrogens is 313 g/mol. The summed E-state index contributed by atoms with van der Waals surface area (Å²) in [5.41, 5.74) is -1.58. The molecule has 0 fully saturated rings. The highest BCUT2D eigenvalue weighted by Crippen LogP contribution is 2.37. The summed E-state index contributed by atoms with van der Waals surface area (Å²) in [6.07, 6.45) is -4.16. The lowest BCUT2D eigenvalue weighted by Gasteiger charge is -2.15. The molecule has 0 saturated heterocycles. The summed E-state index contributed by atoms with van der Waals surface area (Å²) in [6.45, 7) is 0.637. The minimum atomic E-state index is -4.70. The Kier molecular flexibility index (Phi) is 6.07. The number of ether oxygens (including phenoxy) is 1. The van der Waals surface area contributed by atoms with Crippen LogP contribution in [0.2, 0.25) is 5.15 Å². The fourth-order valence-electron chi connectivity index (χ4n) is 1.60. The normalized spacial score (nSPS) is 11.3. The van der Waals surface area contributed by atoms with Crippen LogP contribution < -0.4 is 4.74 Å². The number of nitrogens with zero attached hydrogens (tertiary/aromatic N) is 2. The zero-order chi connectivity index (χ0) is 16.0. The number of rotatable bonds is 7. The van der Waals surface area contributed by atoms with Gasteiger partial charge in [0.05, 0.1) is 17.7 Å². The number of carbonyl (C=O) groups is 1. The van der Waals surface area contributed by atoms with Crippen molar-refractivity contribution in [3.63, 3.8) is 0 Å². The molecule has 0 spiro atoms. The van der Waals surface area contributed by atoms with Gasteiger partial charge in [0, 0.05) is 6.42 Å². The van der Waals surface area contributed by atoms with Crippen LogP contribution >= 0.6 is 11.6 Å². The number of hydrogen-bond acceptors (Lipinski definition) is 5. The van der Waals surface area contributed by atoms with Crippen molar-refractivity contribution in [3.8, 4) is 5.88 Å². The Bertz CT molecular complexity index is 535. The van der Waals surface area contributed by atoms with Gasteiger partial charge in [0.15, 0.2) is 0 Å². The van der Waals surface area contributed by atoms with Crippen molar-refractivity contribution < 1.29 is 22.7 Å². The summed E-state index contributed by atoms with van der Waals surface area (Å²) in [5.74, 6) is -0.457. The zero-order valence-corrected chi connectivity index (χ0v) is 11.8. The number of carbonyl (C=O) groups excluding carboxylic acids is 1. The van der Waals surface area contributed by atoms with Gasteiger partial charge in [-0.25, -0.2) is 4.98 Å². The molecule has 0 saturated carbocycles. The van der Waals surface area contributed by atoms with Crippen LogP contribution in [0.25, 0.3) is 0 Å². The van der Waals surface area contributed by atoms with Crippen molar-refractivity contribution >= 4 is 17.4 Å². The van der Waals surface area contributed by atoms with Gasteiger partial charge in [-0.2, -0.15) is 18.1 Å². The molecule has 0 atom stereocenters. The van der Waals surface area contributed by atoms with E-state index in [-0.39, 0.29) is 18.8 Å². The maximum atomic E-state index is 12.9. The Balaban J connectivity index is 3.03. The first-order chi connectivity index (χ1) is 9.75. The highest BCUT2D eigenvalue weighted by molar-refractivity contribution is 6.29. The van der Waals surface area contributed by atoms with Crippen LogP contribution in [0.4, 0.5) is 13.2 Å². The van der Waals surface area contributed by atoms with Crippen molar-refractivity contribution in [1.82, 2.24) is 4.98 Å². The Labute approximate surface area is 123 Å². The molecule has 116 valence electrons. The number of Topliss-reactive ketones (excluding diaryl/α,β-unsaturated/α-hetero) is 1. The van der Waals surface area contributed by atoms with Crippen molar-refractivity contribution in [1.29, 1.82) is 0 Å². The van der Waals surface area contributed by atoms with Gasteiger partial charge in [0.25, 0.3) is 0 Å². The van der Waals surface area contributed by atoms with E-state index < -0.39 is 34.9 Å². The molecule has 0 aliphatic carbocycles. The molecule has 1 rings (SSSR count). The molecule has 0 radical (unpaired) electrons. The predicted molar refractivity (Wildman–Crippen MR) is 69.2 cm³/mol. The number of nitroso groups, excluding NO2 is 1. The summed E-state index contributed by atoms with van der Waals surface area (Å²) in [4.78, 5) is 24.7. The molecule has 9 heteroatoms. The van der Waals surface area contributed by atoms with Gasteiger partial charge < -0.3 is 9.53 Å². The van der Waals surface area contributed by atoms with Crippen molar-refractivity contribution in [2.75, 3.05) is 6.61 Å². The van der Waals surface area contributed by atoms with Crippen LogP contribution in [0.3, 0.4) is 0 Å². The minimum Gasteiger partial charge on any atom is -0.477 e. The van der Waals surface area contributed by atoms with Crippen molar-refractivity contribution in [3.05, 3.63) is 27.3 Å². The SMILES string of the molecule is CC(=O)CCCOc1nc(Cl)cc(C(F)(F)F)c1CN=O. The molecular formula is C12H12ClF3N2O3. The highest BCUT2D eigenvalue weighted by Gasteiger charge is 2.36. The molecule has 0 bridgehead atoms. The van der Waals surface area contributed by atoms with Crippen molar-refractivity contribution in [2.45, 2.75) is 32.5 Å². The third-order valence-electron chi connectivity index (χ3n) is 2.50. The van der Waals surface area contributed by atoms with Crippen LogP contribution in [0.1, 0.15) is 30.9 Å². The Morgan fingerprint density at radius 2 is 2.14 bits per heavy atom. The van der Waals surface area contributed by atoms with Gasteiger partial charge in [0.1, 0.15) is 17.5 Å². The number of alkyl halides is 3. The second-order valence-corrected chi connectivity index (χ2v) is 4.60. The van der Waals surface area contributed by atoms with E-state index in [4.69, 9.17) is 16.3 Å². The van der Waals surface area contributed by atoms with Gasteiger partial charge >= 0.3 is 6.18 Å². The van der Waals surface area contributed by atoms with Gasteiger partial charge in [-0.3, -0.25) is 0 Å². The monoisotopic (exact) mass is 324 g/mol. The molecule has 5 nitrogen and oxygen atoms in total. The van der Waals surface area contributed by atoms with Gasteiger partial charge in [-0.1, -0.05) is 16.8 Å². The van der Waals surface area contributed by atoms with Crippen LogP contribution in [0.15, 0.2) is 11.2 Å². The maximum Gasteiger partial charge on any atom is 0.417 e. The van der Waals surface area contributed by atoms with Crippen LogP contribution in [-0.4, -0.2) is 17.4 Å². The first kappa shape index (κ1) is 17.4. The molecule has 0 aliphatic heterocycles. The van der Waals surface area contributed by atoms with E-state index in [1.165, 1.54) is 6.92 Å². The number of hydrogen-bond donors (Lipinski definition) is 0. The quantitative estimate of drug-likeness (QED) is 0.435. The predicted octanol–water partition coefficient (Wildman–Crippen LogP) is 3.77. The van der Waals surface area contributed by atoms with Gasteiger partial charge in [0.2, 0.25) is 5.88 Å². The fourth-order valence-corrected chi connectivity index (χ4v) is 1.78. The van der Waals surface area contributed by atoms with Gasteiger partial charge in [-0.05, 0) is 19.4 Å². The lowest BCUT2D eigenvalue weighted by molar-refractivity contribution is -0.138. The number of ketones is 1.